The summed E-state index contributed by atoms with van der Waals surface area (Å²) in [5.41, 5.74) is 1.16. The van der Waals surface area contributed by atoms with Crippen LogP contribution in [-0.2, 0) is 0 Å². The van der Waals surface area contributed by atoms with Crippen molar-refractivity contribution in [1.82, 2.24) is 10.2 Å². The largest absolute Gasteiger partial charge is 0.478 e. The van der Waals surface area contributed by atoms with Crippen molar-refractivity contribution < 1.29 is 9.90 Å². The first-order chi connectivity index (χ1) is 7.75. The average molecular weight is 212 g/mol. The van der Waals surface area contributed by atoms with Crippen molar-refractivity contribution in [1.29, 1.82) is 0 Å². The molecule has 0 saturated carbocycles. The molecule has 0 bridgehead atoms. The second-order valence-corrected chi connectivity index (χ2v) is 3.64. The fraction of sp³-hybridized carbons (Fsp3) is 0. The number of nitrogens with one attached hydrogen (secondary N) is 1. The summed E-state index contributed by atoms with van der Waals surface area (Å²) >= 11 is 0. The Morgan fingerprint density at radius 1 is 1.19 bits per heavy atom. The zero-order valence-electron chi connectivity index (χ0n) is 8.27. The minimum Gasteiger partial charge on any atom is -0.478 e. The van der Waals surface area contributed by atoms with E-state index in [2.05, 4.69) is 10.2 Å². The van der Waals surface area contributed by atoms with Crippen molar-refractivity contribution in [3.05, 3.63) is 42.1 Å². The maximum atomic E-state index is 10.9. The van der Waals surface area contributed by atoms with Gasteiger partial charge in [0.2, 0.25) is 0 Å². The summed E-state index contributed by atoms with van der Waals surface area (Å²) in [6.45, 7) is 0. The van der Waals surface area contributed by atoms with E-state index in [4.69, 9.17) is 5.11 Å². The van der Waals surface area contributed by atoms with E-state index in [1.54, 1.807) is 24.4 Å². The number of aromatic carboxylic acids is 1. The van der Waals surface area contributed by atoms with Crippen molar-refractivity contribution in [2.24, 2.45) is 0 Å². The van der Waals surface area contributed by atoms with Gasteiger partial charge in [0, 0.05) is 10.8 Å². The van der Waals surface area contributed by atoms with Gasteiger partial charge in [-0.2, -0.15) is 5.10 Å². The highest BCUT2D eigenvalue weighted by molar-refractivity contribution is 6.07. The zero-order chi connectivity index (χ0) is 11.1. The molecule has 0 amide bonds. The number of carboxylic acids is 1. The summed E-state index contributed by atoms with van der Waals surface area (Å²) in [7, 11) is 0. The summed E-state index contributed by atoms with van der Waals surface area (Å²) in [6, 6.07) is 8.99. The number of benzene rings is 2. The summed E-state index contributed by atoms with van der Waals surface area (Å²) in [5, 5.41) is 18.6. The number of H-pyrrole nitrogens is 1. The molecule has 2 N–H and O–H groups in total. The zero-order valence-corrected chi connectivity index (χ0v) is 8.27. The van der Waals surface area contributed by atoms with Crippen LogP contribution < -0.4 is 0 Å². The van der Waals surface area contributed by atoms with Crippen LogP contribution in [0.2, 0.25) is 0 Å². The van der Waals surface area contributed by atoms with Crippen LogP contribution in [0.4, 0.5) is 0 Å². The van der Waals surface area contributed by atoms with Crippen molar-refractivity contribution in [3.63, 3.8) is 0 Å². The normalized spacial score (nSPS) is 11.0. The Bertz CT molecular complexity index is 700. The topological polar surface area (TPSA) is 66.0 Å². The van der Waals surface area contributed by atoms with Crippen LogP contribution in [0.25, 0.3) is 21.7 Å². The molecule has 2 aromatic carbocycles. The molecule has 4 heteroatoms. The molecule has 0 spiro atoms. The summed E-state index contributed by atoms with van der Waals surface area (Å²) in [4.78, 5) is 10.9. The molecule has 0 radical (unpaired) electrons. The molecule has 0 fully saturated rings. The van der Waals surface area contributed by atoms with Gasteiger partial charge in [0.1, 0.15) is 0 Å². The van der Waals surface area contributed by atoms with E-state index < -0.39 is 5.97 Å². The molecule has 3 rings (SSSR count). The lowest BCUT2D eigenvalue weighted by molar-refractivity contribution is 0.0697. The molecule has 1 aromatic heterocycles. The summed E-state index contributed by atoms with van der Waals surface area (Å²) in [6.07, 6.45) is 1.72. The number of aromatic nitrogens is 2. The van der Waals surface area contributed by atoms with Gasteiger partial charge in [0.15, 0.2) is 0 Å². The SMILES string of the molecule is O=C(O)c1ccc2ccc3cn[nH]c3c2c1. The van der Waals surface area contributed by atoms with Gasteiger partial charge in [0.25, 0.3) is 0 Å². The maximum absolute atomic E-state index is 10.9. The molecule has 1 heterocycles. The van der Waals surface area contributed by atoms with Gasteiger partial charge in [-0.05, 0) is 17.5 Å². The number of nitrogens with zero attached hydrogens (tertiary/aromatic N) is 1. The first kappa shape index (κ1) is 8.91. The predicted molar refractivity (Wildman–Crippen MR) is 60.6 cm³/mol. The first-order valence-electron chi connectivity index (χ1n) is 4.85. The molecule has 0 aliphatic carbocycles. The minimum absolute atomic E-state index is 0.287. The maximum Gasteiger partial charge on any atom is 0.335 e. The van der Waals surface area contributed by atoms with Gasteiger partial charge in [0.05, 0.1) is 17.3 Å². The van der Waals surface area contributed by atoms with Crippen molar-refractivity contribution in [2.75, 3.05) is 0 Å². The monoisotopic (exact) mass is 212 g/mol. The van der Waals surface area contributed by atoms with Gasteiger partial charge < -0.3 is 5.11 Å². The lowest BCUT2D eigenvalue weighted by Gasteiger charge is -2.00. The van der Waals surface area contributed by atoms with Gasteiger partial charge >= 0.3 is 5.97 Å². The van der Waals surface area contributed by atoms with Crippen molar-refractivity contribution in [3.8, 4) is 0 Å². The number of fused-ring (bicyclic) bond motifs is 3. The van der Waals surface area contributed by atoms with E-state index in [9.17, 15) is 4.79 Å². The molecule has 4 nitrogen and oxygen atoms in total. The Labute approximate surface area is 90.5 Å². The number of carboxylic acid groups (broad SMARTS) is 1. The van der Waals surface area contributed by atoms with Crippen LogP contribution in [0.15, 0.2) is 36.5 Å². The Kier molecular flexibility index (Phi) is 1.71. The number of aromatic amines is 1. The number of hydrogen-bond donors (Lipinski definition) is 2. The van der Waals surface area contributed by atoms with Crippen LogP contribution in [0, 0.1) is 0 Å². The highest BCUT2D eigenvalue weighted by Crippen LogP contribution is 2.24. The van der Waals surface area contributed by atoms with Gasteiger partial charge in [-0.15, -0.1) is 0 Å². The van der Waals surface area contributed by atoms with Crippen LogP contribution in [0.5, 0.6) is 0 Å². The third-order valence-corrected chi connectivity index (χ3v) is 2.68. The quantitative estimate of drug-likeness (QED) is 0.651. The van der Waals surface area contributed by atoms with Gasteiger partial charge in [-0.25, -0.2) is 4.79 Å². The molecule has 0 aliphatic rings. The van der Waals surface area contributed by atoms with Crippen LogP contribution in [-0.4, -0.2) is 21.3 Å². The highest BCUT2D eigenvalue weighted by Gasteiger charge is 2.06. The molecular formula is C12H8N2O2. The number of hydrogen-bond acceptors (Lipinski definition) is 2. The van der Waals surface area contributed by atoms with E-state index in [1.165, 1.54) is 0 Å². The Hall–Kier alpha value is -2.36. The van der Waals surface area contributed by atoms with E-state index in [0.717, 1.165) is 21.7 Å². The standard InChI is InChI=1S/C12H8N2O2/c15-12(16)8-3-1-7-2-4-9-6-13-14-11(9)10(7)5-8/h1-6H,(H,13,14)(H,15,16). The van der Waals surface area contributed by atoms with Gasteiger partial charge in [-0.3, -0.25) is 5.10 Å². The Morgan fingerprint density at radius 2 is 1.94 bits per heavy atom. The molecule has 16 heavy (non-hydrogen) atoms. The van der Waals surface area contributed by atoms with E-state index >= 15 is 0 Å². The second-order valence-electron chi connectivity index (χ2n) is 3.64. The minimum atomic E-state index is -0.918. The Balaban J connectivity index is 2.46. The molecular weight excluding hydrogens is 204 g/mol. The first-order valence-corrected chi connectivity index (χ1v) is 4.85. The van der Waals surface area contributed by atoms with Crippen LogP contribution in [0.3, 0.4) is 0 Å². The van der Waals surface area contributed by atoms with Crippen LogP contribution in [0.1, 0.15) is 10.4 Å². The molecule has 0 aliphatic heterocycles. The van der Waals surface area contributed by atoms with Crippen molar-refractivity contribution in [2.45, 2.75) is 0 Å². The summed E-state index contributed by atoms with van der Waals surface area (Å²) < 4.78 is 0. The summed E-state index contributed by atoms with van der Waals surface area (Å²) in [5.74, 6) is -0.918. The highest BCUT2D eigenvalue weighted by atomic mass is 16.4. The Morgan fingerprint density at radius 3 is 2.75 bits per heavy atom. The smallest absolute Gasteiger partial charge is 0.335 e. The molecule has 3 aromatic rings. The lowest BCUT2D eigenvalue weighted by atomic mass is 10.0. The molecule has 78 valence electrons. The lowest BCUT2D eigenvalue weighted by Crippen LogP contribution is -1.95. The molecule has 0 saturated heterocycles. The fourth-order valence-electron chi connectivity index (χ4n) is 1.87. The van der Waals surface area contributed by atoms with Crippen LogP contribution >= 0.6 is 0 Å². The third kappa shape index (κ3) is 1.16. The third-order valence-electron chi connectivity index (χ3n) is 2.68. The fourth-order valence-corrected chi connectivity index (χ4v) is 1.87. The second kappa shape index (κ2) is 3.06. The molecule has 0 unspecified atom stereocenters. The van der Waals surface area contributed by atoms with Gasteiger partial charge in [-0.1, -0.05) is 18.2 Å². The predicted octanol–water partition coefficient (Wildman–Crippen LogP) is 2.41. The molecule has 0 atom stereocenters. The van der Waals surface area contributed by atoms with E-state index in [0.29, 0.717) is 0 Å². The number of carbonyl (C=O) groups is 1. The van der Waals surface area contributed by atoms with E-state index in [-0.39, 0.29) is 5.56 Å². The number of rotatable bonds is 1. The van der Waals surface area contributed by atoms with E-state index in [1.807, 2.05) is 12.1 Å². The average Bonchev–Trinajstić information content (AvgIpc) is 2.76. The van der Waals surface area contributed by atoms with Crippen molar-refractivity contribution >= 4 is 27.6 Å².